The molecule has 0 amide bonds. The molecule has 5 heteroatoms. The molecule has 0 aliphatic heterocycles. The van der Waals surface area contributed by atoms with Crippen molar-refractivity contribution < 1.29 is 9.47 Å². The highest BCUT2D eigenvalue weighted by Crippen LogP contribution is 2.16. The first-order chi connectivity index (χ1) is 9.21. The SMILES string of the molecule is COc1cccc(CNc2cc(OC)nc(C)n2)c1. The second-order valence-corrected chi connectivity index (χ2v) is 4.05. The molecule has 1 aromatic heterocycles. The van der Waals surface area contributed by atoms with Crippen LogP contribution in [0.25, 0.3) is 0 Å². The summed E-state index contributed by atoms with van der Waals surface area (Å²) in [4.78, 5) is 8.45. The lowest BCUT2D eigenvalue weighted by Gasteiger charge is -2.09. The number of hydrogen-bond acceptors (Lipinski definition) is 5. The van der Waals surface area contributed by atoms with Gasteiger partial charge in [-0.3, -0.25) is 0 Å². The van der Waals surface area contributed by atoms with E-state index in [0.29, 0.717) is 18.2 Å². The molecular formula is C14H17N3O2. The zero-order valence-electron chi connectivity index (χ0n) is 11.3. The van der Waals surface area contributed by atoms with E-state index in [2.05, 4.69) is 15.3 Å². The highest BCUT2D eigenvalue weighted by atomic mass is 16.5. The summed E-state index contributed by atoms with van der Waals surface area (Å²) in [6, 6.07) is 9.66. The third kappa shape index (κ3) is 3.58. The van der Waals surface area contributed by atoms with Crippen LogP contribution in [0, 0.1) is 6.92 Å². The van der Waals surface area contributed by atoms with Crippen molar-refractivity contribution in [3.05, 3.63) is 41.7 Å². The molecule has 2 aromatic rings. The minimum atomic E-state index is 0.556. The number of benzene rings is 1. The monoisotopic (exact) mass is 259 g/mol. The van der Waals surface area contributed by atoms with Gasteiger partial charge in [0, 0.05) is 12.6 Å². The van der Waals surface area contributed by atoms with Crippen LogP contribution in [0.5, 0.6) is 11.6 Å². The Hall–Kier alpha value is -2.30. The van der Waals surface area contributed by atoms with Gasteiger partial charge in [0.25, 0.3) is 0 Å². The number of aryl methyl sites for hydroxylation is 1. The minimum absolute atomic E-state index is 0.556. The van der Waals surface area contributed by atoms with E-state index in [1.807, 2.05) is 31.2 Å². The summed E-state index contributed by atoms with van der Waals surface area (Å²) in [6.45, 7) is 2.50. The average Bonchev–Trinajstić information content (AvgIpc) is 2.44. The molecule has 0 aliphatic carbocycles. The number of anilines is 1. The van der Waals surface area contributed by atoms with E-state index in [0.717, 1.165) is 17.1 Å². The second-order valence-electron chi connectivity index (χ2n) is 4.05. The van der Waals surface area contributed by atoms with Gasteiger partial charge in [-0.25, -0.2) is 4.98 Å². The molecule has 100 valence electrons. The van der Waals surface area contributed by atoms with E-state index in [1.165, 1.54) is 0 Å². The fourth-order valence-electron chi connectivity index (χ4n) is 1.71. The van der Waals surface area contributed by atoms with Crippen LogP contribution in [0.15, 0.2) is 30.3 Å². The van der Waals surface area contributed by atoms with Crippen LogP contribution in [0.2, 0.25) is 0 Å². The Bertz CT molecular complexity index is 558. The van der Waals surface area contributed by atoms with Crippen molar-refractivity contribution in [1.29, 1.82) is 0 Å². The second kappa shape index (κ2) is 6.04. The van der Waals surface area contributed by atoms with Gasteiger partial charge in [-0.2, -0.15) is 4.98 Å². The Morgan fingerprint density at radius 2 is 1.95 bits per heavy atom. The summed E-state index contributed by atoms with van der Waals surface area (Å²) in [5.41, 5.74) is 1.12. The summed E-state index contributed by atoms with van der Waals surface area (Å²) < 4.78 is 10.3. The van der Waals surface area contributed by atoms with Crippen molar-refractivity contribution in [1.82, 2.24) is 9.97 Å². The number of aromatic nitrogens is 2. The minimum Gasteiger partial charge on any atom is -0.497 e. The number of ether oxygens (including phenoxy) is 2. The zero-order valence-corrected chi connectivity index (χ0v) is 11.3. The van der Waals surface area contributed by atoms with Crippen LogP contribution >= 0.6 is 0 Å². The predicted molar refractivity (Wildman–Crippen MR) is 73.6 cm³/mol. The molecule has 0 spiro atoms. The quantitative estimate of drug-likeness (QED) is 0.893. The van der Waals surface area contributed by atoms with E-state index in [4.69, 9.17) is 9.47 Å². The lowest BCUT2D eigenvalue weighted by Crippen LogP contribution is -2.04. The van der Waals surface area contributed by atoms with E-state index >= 15 is 0 Å². The predicted octanol–water partition coefficient (Wildman–Crippen LogP) is 2.41. The Labute approximate surface area is 112 Å². The van der Waals surface area contributed by atoms with Crippen molar-refractivity contribution in [2.75, 3.05) is 19.5 Å². The average molecular weight is 259 g/mol. The summed E-state index contributed by atoms with van der Waals surface area (Å²) >= 11 is 0. The Morgan fingerprint density at radius 3 is 2.68 bits per heavy atom. The fraction of sp³-hybridized carbons (Fsp3) is 0.286. The van der Waals surface area contributed by atoms with E-state index < -0.39 is 0 Å². The summed E-state index contributed by atoms with van der Waals surface area (Å²) in [5.74, 6) is 2.82. The Balaban J connectivity index is 2.07. The van der Waals surface area contributed by atoms with Crippen LogP contribution in [0.4, 0.5) is 5.82 Å². The molecule has 19 heavy (non-hydrogen) atoms. The topological polar surface area (TPSA) is 56.3 Å². The van der Waals surface area contributed by atoms with E-state index in [9.17, 15) is 0 Å². The molecule has 5 nitrogen and oxygen atoms in total. The number of hydrogen-bond donors (Lipinski definition) is 1. The standard InChI is InChI=1S/C14H17N3O2/c1-10-16-13(8-14(17-10)19-3)15-9-11-5-4-6-12(7-11)18-2/h4-8H,9H2,1-3H3,(H,15,16,17). The Morgan fingerprint density at radius 1 is 1.11 bits per heavy atom. The van der Waals surface area contributed by atoms with E-state index in [1.54, 1.807) is 20.3 Å². The summed E-state index contributed by atoms with van der Waals surface area (Å²) in [5, 5.41) is 3.24. The van der Waals surface area contributed by atoms with Gasteiger partial charge in [0.15, 0.2) is 0 Å². The third-order valence-electron chi connectivity index (χ3n) is 2.63. The first kappa shape index (κ1) is 13.1. The Kier molecular flexibility index (Phi) is 4.18. The number of methoxy groups -OCH3 is 2. The highest BCUT2D eigenvalue weighted by Gasteiger charge is 2.02. The van der Waals surface area contributed by atoms with Gasteiger partial charge >= 0.3 is 0 Å². The molecule has 1 N–H and O–H groups in total. The maximum atomic E-state index is 5.19. The molecular weight excluding hydrogens is 242 g/mol. The highest BCUT2D eigenvalue weighted by molar-refractivity contribution is 5.40. The maximum absolute atomic E-state index is 5.19. The van der Waals surface area contributed by atoms with Crippen LogP contribution in [0.1, 0.15) is 11.4 Å². The molecule has 2 rings (SSSR count). The molecule has 0 aliphatic rings. The molecule has 0 fully saturated rings. The van der Waals surface area contributed by atoms with Crippen molar-refractivity contribution in [3.8, 4) is 11.6 Å². The lowest BCUT2D eigenvalue weighted by atomic mass is 10.2. The lowest BCUT2D eigenvalue weighted by molar-refractivity contribution is 0.396. The summed E-state index contributed by atoms with van der Waals surface area (Å²) in [7, 11) is 3.25. The summed E-state index contributed by atoms with van der Waals surface area (Å²) in [6.07, 6.45) is 0. The van der Waals surface area contributed by atoms with Crippen molar-refractivity contribution in [2.45, 2.75) is 13.5 Å². The van der Waals surface area contributed by atoms with Gasteiger partial charge in [0.1, 0.15) is 17.4 Å². The molecule has 0 unspecified atom stereocenters. The zero-order chi connectivity index (χ0) is 13.7. The molecule has 1 aromatic carbocycles. The number of rotatable bonds is 5. The molecule has 0 bridgehead atoms. The normalized spacial score (nSPS) is 10.1. The molecule has 1 heterocycles. The number of nitrogens with zero attached hydrogens (tertiary/aromatic N) is 2. The smallest absolute Gasteiger partial charge is 0.218 e. The molecule has 0 radical (unpaired) electrons. The van der Waals surface area contributed by atoms with Crippen molar-refractivity contribution >= 4 is 5.82 Å². The van der Waals surface area contributed by atoms with E-state index in [-0.39, 0.29) is 0 Å². The van der Waals surface area contributed by atoms with Gasteiger partial charge < -0.3 is 14.8 Å². The van der Waals surface area contributed by atoms with Crippen LogP contribution in [-0.2, 0) is 6.54 Å². The first-order valence-corrected chi connectivity index (χ1v) is 5.97. The van der Waals surface area contributed by atoms with Gasteiger partial charge in [-0.15, -0.1) is 0 Å². The van der Waals surface area contributed by atoms with Crippen molar-refractivity contribution in [2.24, 2.45) is 0 Å². The fourth-order valence-corrected chi connectivity index (χ4v) is 1.71. The van der Waals surface area contributed by atoms with Crippen molar-refractivity contribution in [3.63, 3.8) is 0 Å². The molecule has 0 saturated heterocycles. The van der Waals surface area contributed by atoms with Gasteiger partial charge in [-0.05, 0) is 24.6 Å². The largest absolute Gasteiger partial charge is 0.497 e. The molecule has 0 saturated carbocycles. The van der Waals surface area contributed by atoms with Crippen LogP contribution in [0.3, 0.4) is 0 Å². The molecule has 0 atom stereocenters. The number of nitrogens with one attached hydrogen (secondary N) is 1. The van der Waals surface area contributed by atoms with Gasteiger partial charge in [0.2, 0.25) is 5.88 Å². The van der Waals surface area contributed by atoms with Gasteiger partial charge in [0.05, 0.1) is 14.2 Å². The maximum Gasteiger partial charge on any atom is 0.218 e. The van der Waals surface area contributed by atoms with Crippen LogP contribution < -0.4 is 14.8 Å². The first-order valence-electron chi connectivity index (χ1n) is 5.97. The van der Waals surface area contributed by atoms with Crippen LogP contribution in [-0.4, -0.2) is 24.2 Å². The third-order valence-corrected chi connectivity index (χ3v) is 2.63. The van der Waals surface area contributed by atoms with Gasteiger partial charge in [-0.1, -0.05) is 12.1 Å².